The predicted octanol–water partition coefficient (Wildman–Crippen LogP) is 1.13. The number of thioether (sulfide) groups is 1. The number of likely N-dealkylation sites (N-methyl/N-ethyl adjacent to an activating group) is 1. The van der Waals surface area contributed by atoms with Gasteiger partial charge in [0.25, 0.3) is 0 Å². The second kappa shape index (κ2) is 6.08. The topological polar surface area (TPSA) is 47.1 Å². The van der Waals surface area contributed by atoms with Gasteiger partial charge in [-0.2, -0.15) is 16.9 Å². The molecule has 1 saturated heterocycles. The highest BCUT2D eigenvalue weighted by molar-refractivity contribution is 7.99. The summed E-state index contributed by atoms with van der Waals surface area (Å²) in [6.45, 7) is 6.24. The third-order valence-electron chi connectivity index (χ3n) is 3.67. The third kappa shape index (κ3) is 3.08. The van der Waals surface area contributed by atoms with Crippen molar-refractivity contribution in [1.29, 1.82) is 0 Å². The Morgan fingerprint density at radius 3 is 3.06 bits per heavy atom. The Morgan fingerprint density at radius 2 is 2.39 bits per heavy atom. The lowest BCUT2D eigenvalue weighted by atomic mass is 10.0. The molecule has 1 aliphatic rings. The number of hydrogen-bond acceptors (Lipinski definition) is 4. The molecule has 0 spiro atoms. The van der Waals surface area contributed by atoms with Crippen LogP contribution in [-0.4, -0.2) is 51.9 Å². The molecule has 2 N–H and O–H groups in total. The average Bonchev–Trinajstić information content (AvgIpc) is 2.70. The maximum Gasteiger partial charge on any atom is 0.0596 e. The number of aryl methyl sites for hydroxylation is 2. The van der Waals surface area contributed by atoms with Crippen LogP contribution < -0.4 is 5.73 Å². The highest BCUT2D eigenvalue weighted by atomic mass is 32.2. The van der Waals surface area contributed by atoms with E-state index in [1.54, 1.807) is 0 Å². The molecule has 0 bridgehead atoms. The van der Waals surface area contributed by atoms with Gasteiger partial charge < -0.3 is 10.6 Å². The Hall–Kier alpha value is -0.520. The Kier molecular flexibility index (Phi) is 4.70. The standard InChI is InChI=1S/C13H24N4S/c1-4-17-11(7-10(2)15-17)8-12(14)13-9-18-6-5-16(13)3/h7,12-13H,4-6,8-9,14H2,1-3H3. The zero-order valence-electron chi connectivity index (χ0n) is 11.6. The number of nitrogens with two attached hydrogens (primary N) is 1. The molecular weight excluding hydrogens is 244 g/mol. The second-order valence-electron chi connectivity index (χ2n) is 5.08. The monoisotopic (exact) mass is 268 g/mol. The van der Waals surface area contributed by atoms with E-state index in [1.807, 2.05) is 18.7 Å². The van der Waals surface area contributed by atoms with Crippen molar-refractivity contribution in [3.05, 3.63) is 17.5 Å². The maximum absolute atomic E-state index is 6.41. The van der Waals surface area contributed by atoms with Crippen molar-refractivity contribution >= 4 is 11.8 Å². The molecule has 0 saturated carbocycles. The summed E-state index contributed by atoms with van der Waals surface area (Å²) in [6.07, 6.45) is 0.921. The Bertz CT molecular complexity index is 390. The third-order valence-corrected chi connectivity index (χ3v) is 4.72. The highest BCUT2D eigenvalue weighted by Crippen LogP contribution is 2.19. The van der Waals surface area contributed by atoms with E-state index in [0.717, 1.165) is 31.0 Å². The lowest BCUT2D eigenvalue weighted by Gasteiger charge is -2.36. The smallest absolute Gasteiger partial charge is 0.0596 e. The summed E-state index contributed by atoms with van der Waals surface area (Å²) in [5.41, 5.74) is 8.77. The summed E-state index contributed by atoms with van der Waals surface area (Å²) >= 11 is 2.02. The summed E-state index contributed by atoms with van der Waals surface area (Å²) in [6, 6.07) is 2.85. The van der Waals surface area contributed by atoms with Crippen molar-refractivity contribution in [2.75, 3.05) is 25.1 Å². The summed E-state index contributed by atoms with van der Waals surface area (Å²) in [5.74, 6) is 2.38. The van der Waals surface area contributed by atoms with Crippen LogP contribution in [-0.2, 0) is 13.0 Å². The molecule has 2 unspecified atom stereocenters. The van der Waals surface area contributed by atoms with Gasteiger partial charge in [-0.1, -0.05) is 0 Å². The fourth-order valence-corrected chi connectivity index (χ4v) is 3.90. The lowest BCUT2D eigenvalue weighted by Crippen LogP contribution is -2.51. The maximum atomic E-state index is 6.41. The van der Waals surface area contributed by atoms with Crippen molar-refractivity contribution in [3.8, 4) is 0 Å². The zero-order chi connectivity index (χ0) is 13.1. The van der Waals surface area contributed by atoms with Crippen LogP contribution in [0, 0.1) is 6.92 Å². The van der Waals surface area contributed by atoms with E-state index < -0.39 is 0 Å². The summed E-state index contributed by atoms with van der Waals surface area (Å²) in [4.78, 5) is 2.40. The van der Waals surface area contributed by atoms with Gasteiger partial charge in [-0.3, -0.25) is 4.68 Å². The van der Waals surface area contributed by atoms with Crippen LogP contribution in [0.3, 0.4) is 0 Å². The fourth-order valence-electron chi connectivity index (χ4n) is 2.57. The van der Waals surface area contributed by atoms with Crippen molar-refractivity contribution < 1.29 is 0 Å². The van der Waals surface area contributed by atoms with Crippen LogP contribution in [0.1, 0.15) is 18.3 Å². The molecule has 2 atom stereocenters. The van der Waals surface area contributed by atoms with E-state index in [-0.39, 0.29) is 6.04 Å². The molecule has 0 radical (unpaired) electrons. The highest BCUT2D eigenvalue weighted by Gasteiger charge is 2.26. The molecule has 1 aromatic rings. The van der Waals surface area contributed by atoms with Crippen LogP contribution in [0.4, 0.5) is 0 Å². The average molecular weight is 268 g/mol. The van der Waals surface area contributed by atoms with Crippen LogP contribution >= 0.6 is 11.8 Å². The summed E-state index contributed by atoms with van der Waals surface area (Å²) < 4.78 is 2.07. The van der Waals surface area contributed by atoms with Gasteiger partial charge in [-0.15, -0.1) is 0 Å². The summed E-state index contributed by atoms with van der Waals surface area (Å²) in [5, 5.41) is 4.49. The molecule has 2 heterocycles. The minimum Gasteiger partial charge on any atom is -0.326 e. The number of rotatable bonds is 4. The van der Waals surface area contributed by atoms with E-state index in [0.29, 0.717) is 6.04 Å². The number of hydrogen-bond donors (Lipinski definition) is 1. The molecule has 0 aliphatic carbocycles. The Balaban J connectivity index is 2.03. The van der Waals surface area contributed by atoms with E-state index in [9.17, 15) is 0 Å². The number of aromatic nitrogens is 2. The molecule has 0 aromatic carbocycles. The van der Waals surface area contributed by atoms with Crippen LogP contribution in [0.25, 0.3) is 0 Å². The Morgan fingerprint density at radius 1 is 1.61 bits per heavy atom. The number of nitrogens with zero attached hydrogens (tertiary/aromatic N) is 3. The first-order valence-electron chi connectivity index (χ1n) is 6.68. The van der Waals surface area contributed by atoms with Gasteiger partial charge in [-0.05, 0) is 27.0 Å². The SMILES string of the molecule is CCn1nc(C)cc1CC(N)C1CSCCN1C. The molecular formula is C13H24N4S. The minimum absolute atomic E-state index is 0.198. The van der Waals surface area contributed by atoms with Crippen LogP contribution in [0.2, 0.25) is 0 Å². The van der Waals surface area contributed by atoms with Gasteiger partial charge in [0, 0.05) is 48.8 Å². The fraction of sp³-hybridized carbons (Fsp3) is 0.769. The van der Waals surface area contributed by atoms with Gasteiger partial charge in [0.15, 0.2) is 0 Å². The Labute approximate surface area is 114 Å². The molecule has 102 valence electrons. The predicted molar refractivity (Wildman–Crippen MR) is 78.1 cm³/mol. The van der Waals surface area contributed by atoms with Crippen molar-refractivity contribution in [2.24, 2.45) is 5.73 Å². The van der Waals surface area contributed by atoms with Gasteiger partial charge in [0.05, 0.1) is 5.69 Å². The van der Waals surface area contributed by atoms with Gasteiger partial charge in [0.2, 0.25) is 0 Å². The molecule has 2 rings (SSSR count). The van der Waals surface area contributed by atoms with Gasteiger partial charge in [-0.25, -0.2) is 0 Å². The van der Waals surface area contributed by atoms with Crippen molar-refractivity contribution in [1.82, 2.24) is 14.7 Å². The first-order chi connectivity index (χ1) is 8.61. The molecule has 18 heavy (non-hydrogen) atoms. The molecule has 0 amide bonds. The van der Waals surface area contributed by atoms with Crippen molar-refractivity contribution in [3.63, 3.8) is 0 Å². The second-order valence-corrected chi connectivity index (χ2v) is 6.23. The van der Waals surface area contributed by atoms with Crippen LogP contribution in [0.5, 0.6) is 0 Å². The molecule has 5 heteroatoms. The summed E-state index contributed by atoms with van der Waals surface area (Å²) in [7, 11) is 2.19. The lowest BCUT2D eigenvalue weighted by molar-refractivity contribution is 0.234. The van der Waals surface area contributed by atoms with Gasteiger partial charge >= 0.3 is 0 Å². The van der Waals surface area contributed by atoms with Crippen LogP contribution in [0.15, 0.2) is 6.07 Å². The quantitative estimate of drug-likeness (QED) is 0.889. The zero-order valence-corrected chi connectivity index (χ0v) is 12.4. The van der Waals surface area contributed by atoms with Crippen molar-refractivity contribution in [2.45, 2.75) is 38.9 Å². The van der Waals surface area contributed by atoms with E-state index in [4.69, 9.17) is 5.73 Å². The molecule has 1 aliphatic heterocycles. The first-order valence-corrected chi connectivity index (χ1v) is 7.84. The normalized spacial score (nSPS) is 23.2. The van der Waals surface area contributed by atoms with E-state index in [2.05, 4.69) is 34.7 Å². The van der Waals surface area contributed by atoms with E-state index in [1.165, 1.54) is 11.4 Å². The largest absolute Gasteiger partial charge is 0.326 e. The molecule has 1 aromatic heterocycles. The first kappa shape index (κ1) is 13.9. The minimum atomic E-state index is 0.198. The van der Waals surface area contributed by atoms with E-state index >= 15 is 0 Å². The molecule has 1 fully saturated rings. The molecule has 4 nitrogen and oxygen atoms in total. The van der Waals surface area contributed by atoms with Gasteiger partial charge in [0.1, 0.15) is 0 Å².